The van der Waals surface area contributed by atoms with Gasteiger partial charge in [0.1, 0.15) is 0 Å². The van der Waals surface area contributed by atoms with E-state index in [1.165, 1.54) is 11.1 Å². The van der Waals surface area contributed by atoms with Gasteiger partial charge >= 0.3 is 0 Å². The molecule has 0 fully saturated rings. The summed E-state index contributed by atoms with van der Waals surface area (Å²) in [6.45, 7) is 4.23. The first kappa shape index (κ1) is 12.5. The van der Waals surface area contributed by atoms with Crippen molar-refractivity contribution in [1.29, 1.82) is 0 Å². The van der Waals surface area contributed by atoms with Crippen molar-refractivity contribution in [1.82, 2.24) is 14.8 Å². The number of hydrogen-bond donors (Lipinski definition) is 3. The predicted molar refractivity (Wildman–Crippen MR) is 66.4 cm³/mol. The molecule has 1 aliphatic heterocycles. The molecule has 0 aliphatic carbocycles. The van der Waals surface area contributed by atoms with Crippen LogP contribution >= 0.6 is 0 Å². The van der Waals surface area contributed by atoms with Crippen molar-refractivity contribution in [3.8, 4) is 0 Å². The first-order valence-electron chi connectivity index (χ1n) is 5.66. The Hall–Kier alpha value is -0.950. The number of benzene rings is 1. The second-order valence-electron chi connectivity index (χ2n) is 4.03. The summed E-state index contributed by atoms with van der Waals surface area (Å²) in [6.07, 6.45) is 0. The summed E-state index contributed by atoms with van der Waals surface area (Å²) >= 11 is 0. The molecule has 0 saturated carbocycles. The van der Waals surface area contributed by atoms with E-state index in [2.05, 4.69) is 14.8 Å². The molecule has 0 radical (unpaired) electrons. The van der Waals surface area contributed by atoms with Gasteiger partial charge in [-0.25, -0.2) is 4.72 Å². The fourth-order valence-corrected chi connectivity index (χ4v) is 2.72. The largest absolute Gasteiger partial charge is 0.309 e. The van der Waals surface area contributed by atoms with Gasteiger partial charge in [-0.05, 0) is 16.7 Å². The lowest BCUT2D eigenvalue weighted by molar-refractivity contribution is 0.568. The first-order valence-corrected chi connectivity index (χ1v) is 7.14. The van der Waals surface area contributed by atoms with E-state index in [4.69, 9.17) is 0 Å². The van der Waals surface area contributed by atoms with Crippen molar-refractivity contribution in [3.63, 3.8) is 0 Å². The van der Waals surface area contributed by atoms with E-state index in [0.29, 0.717) is 13.1 Å². The average molecular weight is 255 g/mol. The third kappa shape index (κ3) is 3.26. The monoisotopic (exact) mass is 255 g/mol. The zero-order valence-electron chi connectivity index (χ0n) is 9.79. The first-order chi connectivity index (χ1) is 8.11. The van der Waals surface area contributed by atoms with Crippen LogP contribution in [0.1, 0.15) is 23.6 Å². The average Bonchev–Trinajstić information content (AvgIpc) is 2.73. The molecule has 1 aliphatic rings. The highest BCUT2D eigenvalue weighted by Crippen LogP contribution is 2.16. The van der Waals surface area contributed by atoms with E-state index in [9.17, 15) is 8.42 Å². The Morgan fingerprint density at radius 3 is 2.76 bits per heavy atom. The Kier molecular flexibility index (Phi) is 3.78. The van der Waals surface area contributed by atoms with Crippen molar-refractivity contribution in [3.05, 3.63) is 34.9 Å². The summed E-state index contributed by atoms with van der Waals surface area (Å²) in [5.41, 5.74) is 3.53. The van der Waals surface area contributed by atoms with Gasteiger partial charge in [-0.2, -0.15) is 13.1 Å². The zero-order valence-corrected chi connectivity index (χ0v) is 10.6. The van der Waals surface area contributed by atoms with Gasteiger partial charge < -0.3 is 5.32 Å². The fourth-order valence-electron chi connectivity index (χ4n) is 1.88. The van der Waals surface area contributed by atoms with Crippen LogP contribution in [0, 0.1) is 0 Å². The quantitative estimate of drug-likeness (QED) is 0.705. The van der Waals surface area contributed by atoms with Crippen molar-refractivity contribution in [2.75, 3.05) is 6.54 Å². The van der Waals surface area contributed by atoms with Crippen molar-refractivity contribution in [2.45, 2.75) is 26.6 Å². The number of nitrogens with one attached hydrogen (secondary N) is 3. The van der Waals surface area contributed by atoms with Crippen LogP contribution in [0.3, 0.4) is 0 Å². The molecule has 0 atom stereocenters. The molecule has 3 N–H and O–H groups in total. The van der Waals surface area contributed by atoms with Gasteiger partial charge in [-0.1, -0.05) is 25.1 Å². The van der Waals surface area contributed by atoms with E-state index in [0.717, 1.165) is 18.7 Å². The molecule has 5 nitrogen and oxygen atoms in total. The Labute approximate surface area is 102 Å². The van der Waals surface area contributed by atoms with Crippen LogP contribution in [0.4, 0.5) is 0 Å². The third-order valence-corrected chi connectivity index (χ3v) is 3.90. The van der Waals surface area contributed by atoms with Gasteiger partial charge in [0.25, 0.3) is 10.2 Å². The lowest BCUT2D eigenvalue weighted by Gasteiger charge is -2.07. The number of fused-ring (bicyclic) bond motifs is 1. The van der Waals surface area contributed by atoms with Crippen LogP contribution in [0.2, 0.25) is 0 Å². The Morgan fingerprint density at radius 1 is 1.24 bits per heavy atom. The highest BCUT2D eigenvalue weighted by molar-refractivity contribution is 7.87. The minimum atomic E-state index is -3.36. The minimum Gasteiger partial charge on any atom is -0.309 e. The molecule has 1 heterocycles. The molecule has 0 spiro atoms. The van der Waals surface area contributed by atoms with Crippen molar-refractivity contribution >= 4 is 10.2 Å². The smallest absolute Gasteiger partial charge is 0.277 e. The normalized spacial score (nSPS) is 14.9. The van der Waals surface area contributed by atoms with Gasteiger partial charge in [0.2, 0.25) is 0 Å². The highest BCUT2D eigenvalue weighted by Gasteiger charge is 2.11. The van der Waals surface area contributed by atoms with Crippen LogP contribution in [0.15, 0.2) is 18.2 Å². The predicted octanol–water partition coefficient (Wildman–Crippen LogP) is 0.234. The van der Waals surface area contributed by atoms with Gasteiger partial charge in [-0.3, -0.25) is 0 Å². The Bertz CT molecular complexity index is 499. The van der Waals surface area contributed by atoms with Crippen LogP contribution in [0.25, 0.3) is 0 Å². The van der Waals surface area contributed by atoms with Crippen molar-refractivity contribution < 1.29 is 8.42 Å². The Balaban J connectivity index is 2.00. The van der Waals surface area contributed by atoms with E-state index >= 15 is 0 Å². The van der Waals surface area contributed by atoms with Gasteiger partial charge in [-0.15, -0.1) is 0 Å². The zero-order chi connectivity index (χ0) is 12.3. The molecule has 0 amide bonds. The summed E-state index contributed by atoms with van der Waals surface area (Å²) in [5.74, 6) is 0. The van der Waals surface area contributed by atoms with Crippen LogP contribution in [0.5, 0.6) is 0 Å². The molecule has 2 rings (SSSR count). The minimum absolute atomic E-state index is 0.322. The lowest BCUT2D eigenvalue weighted by Crippen LogP contribution is -2.35. The fraction of sp³-hybridized carbons (Fsp3) is 0.455. The topological polar surface area (TPSA) is 70.2 Å². The second kappa shape index (κ2) is 5.14. The molecule has 0 aromatic heterocycles. The van der Waals surface area contributed by atoms with Crippen molar-refractivity contribution in [2.24, 2.45) is 0 Å². The molecule has 6 heteroatoms. The molecule has 1 aromatic carbocycles. The van der Waals surface area contributed by atoms with E-state index in [1.54, 1.807) is 6.92 Å². The van der Waals surface area contributed by atoms with Gasteiger partial charge in [0.15, 0.2) is 0 Å². The maximum atomic E-state index is 11.4. The summed E-state index contributed by atoms with van der Waals surface area (Å²) in [4.78, 5) is 0. The van der Waals surface area contributed by atoms with E-state index in [1.807, 2.05) is 18.2 Å². The molecule has 0 saturated heterocycles. The summed E-state index contributed by atoms with van der Waals surface area (Å²) in [6, 6.07) is 6.05. The van der Waals surface area contributed by atoms with E-state index < -0.39 is 10.2 Å². The maximum absolute atomic E-state index is 11.4. The molecule has 0 bridgehead atoms. The molecule has 1 aromatic rings. The molecule has 94 valence electrons. The summed E-state index contributed by atoms with van der Waals surface area (Å²) in [7, 11) is -3.36. The molecule has 0 unspecified atom stereocenters. The summed E-state index contributed by atoms with van der Waals surface area (Å²) < 4.78 is 27.7. The third-order valence-electron chi connectivity index (χ3n) is 2.70. The molecular weight excluding hydrogens is 238 g/mol. The molecule has 17 heavy (non-hydrogen) atoms. The van der Waals surface area contributed by atoms with Crippen LogP contribution in [-0.4, -0.2) is 15.0 Å². The van der Waals surface area contributed by atoms with Crippen LogP contribution in [-0.2, 0) is 29.8 Å². The van der Waals surface area contributed by atoms with Gasteiger partial charge in [0.05, 0.1) is 0 Å². The Morgan fingerprint density at radius 2 is 2.00 bits per heavy atom. The van der Waals surface area contributed by atoms with Gasteiger partial charge in [0, 0.05) is 26.2 Å². The van der Waals surface area contributed by atoms with E-state index in [-0.39, 0.29) is 0 Å². The SMILES string of the molecule is CCNS(=O)(=O)NCc1ccc2c(c1)CNC2. The highest BCUT2D eigenvalue weighted by atomic mass is 32.2. The maximum Gasteiger partial charge on any atom is 0.277 e. The summed E-state index contributed by atoms with van der Waals surface area (Å²) in [5, 5.41) is 3.26. The standard InChI is InChI=1S/C11H17N3O2S/c1-2-13-17(15,16)14-6-9-3-4-10-7-12-8-11(10)5-9/h3-5,12-14H,2,6-8H2,1H3. The number of rotatable bonds is 5. The van der Waals surface area contributed by atoms with Crippen LogP contribution < -0.4 is 14.8 Å². The molecular formula is C11H17N3O2S. The number of hydrogen-bond acceptors (Lipinski definition) is 3. The second-order valence-corrected chi connectivity index (χ2v) is 5.61. The lowest BCUT2D eigenvalue weighted by atomic mass is 10.1.